The number of nitrogens with zero attached hydrogens (tertiary/aromatic N) is 3. The van der Waals surface area contributed by atoms with Crippen LogP contribution in [0, 0.1) is 6.92 Å². The molecule has 1 aromatic heterocycles. The number of thioether (sulfide) groups is 1. The van der Waals surface area contributed by atoms with Gasteiger partial charge in [0.25, 0.3) is 11.8 Å². The lowest BCUT2D eigenvalue weighted by atomic mass is 10.00. The second-order valence-electron chi connectivity index (χ2n) is 14.9. The molecule has 2 amide bonds. The van der Waals surface area contributed by atoms with Crippen LogP contribution in [-0.4, -0.2) is 51.0 Å². The Kier molecular flexibility index (Phi) is 18.0. The van der Waals surface area contributed by atoms with E-state index in [4.69, 9.17) is 21.1 Å². The summed E-state index contributed by atoms with van der Waals surface area (Å²) >= 11 is 7.92. The molecule has 0 saturated carbocycles. The highest BCUT2D eigenvalue weighted by Gasteiger charge is 2.32. The Balaban J connectivity index is 1.31. The zero-order valence-electron chi connectivity index (χ0n) is 35.7. The van der Waals surface area contributed by atoms with Gasteiger partial charge in [-0.1, -0.05) is 124 Å². The van der Waals surface area contributed by atoms with Gasteiger partial charge in [-0.2, -0.15) is 0 Å². The van der Waals surface area contributed by atoms with Gasteiger partial charge in [0.15, 0.2) is 17.9 Å². The number of ketones is 1. The molecule has 0 aliphatic carbocycles. The minimum atomic E-state index is -1.44. The summed E-state index contributed by atoms with van der Waals surface area (Å²) < 4.78 is 12.7. The van der Waals surface area contributed by atoms with E-state index in [2.05, 4.69) is 46.7 Å². The molecule has 2 unspecified atom stereocenters. The first-order chi connectivity index (χ1) is 29.5. The third-order valence-electron chi connectivity index (χ3n) is 10.1. The van der Waals surface area contributed by atoms with Crippen molar-refractivity contribution < 1.29 is 28.7 Å². The molecule has 5 rings (SSSR count). The fourth-order valence-electron chi connectivity index (χ4n) is 6.63. The third kappa shape index (κ3) is 13.5. The molecular weight excluding hydrogens is 810 g/mol. The van der Waals surface area contributed by atoms with Crippen molar-refractivity contribution in [2.45, 2.75) is 115 Å². The lowest BCUT2D eigenvalue weighted by Crippen LogP contribution is -2.33. The van der Waals surface area contributed by atoms with Gasteiger partial charge in [-0.15, -0.1) is 5.10 Å². The molecule has 13 heteroatoms. The Hall–Kier alpha value is -5.46. The molecule has 0 saturated heterocycles. The van der Waals surface area contributed by atoms with Crippen LogP contribution in [0.5, 0.6) is 5.75 Å². The van der Waals surface area contributed by atoms with Crippen LogP contribution < -0.4 is 15.4 Å². The predicted molar refractivity (Wildman–Crippen MR) is 243 cm³/mol. The lowest BCUT2D eigenvalue weighted by molar-refractivity contribution is -0.123. The fourth-order valence-corrected chi connectivity index (χ4v) is 7.55. The number of carbonyl (C=O) groups is 4. The van der Waals surface area contributed by atoms with E-state index >= 15 is 0 Å². The highest BCUT2D eigenvalue weighted by molar-refractivity contribution is 7.98. The SMILES string of the molecule is CCCCCc1ccc(OC(CC)C(=O)Nc2ccc(Cl)c(NC(=O)C(C(=O)c3ccc(C)cc3)n3cnc(SCc4ccc(C(=O)OCC)cc4)n3)c2)c(CCCCC)c1. The van der Waals surface area contributed by atoms with E-state index in [1.165, 1.54) is 34.8 Å². The molecule has 0 bridgehead atoms. The smallest absolute Gasteiger partial charge is 0.338 e. The van der Waals surface area contributed by atoms with Crippen molar-refractivity contribution >= 4 is 58.3 Å². The molecule has 5 aromatic rings. The second kappa shape index (κ2) is 23.5. The third-order valence-corrected chi connectivity index (χ3v) is 11.3. The quantitative estimate of drug-likeness (QED) is 0.0216. The number of benzene rings is 4. The van der Waals surface area contributed by atoms with Gasteiger partial charge in [0, 0.05) is 17.0 Å². The van der Waals surface area contributed by atoms with Crippen LogP contribution in [-0.2, 0) is 32.9 Å². The van der Waals surface area contributed by atoms with E-state index in [1.54, 1.807) is 61.5 Å². The van der Waals surface area contributed by atoms with Gasteiger partial charge in [-0.05, 0) is 99.0 Å². The van der Waals surface area contributed by atoms with Crippen molar-refractivity contribution in [2.75, 3.05) is 17.2 Å². The van der Waals surface area contributed by atoms with E-state index in [1.807, 2.05) is 32.0 Å². The maximum atomic E-state index is 14.2. The first-order valence-electron chi connectivity index (χ1n) is 21.1. The van der Waals surface area contributed by atoms with Crippen molar-refractivity contribution in [3.05, 3.63) is 130 Å². The largest absolute Gasteiger partial charge is 0.480 e. The van der Waals surface area contributed by atoms with Gasteiger partial charge in [0.05, 0.1) is 22.9 Å². The van der Waals surface area contributed by atoms with E-state index in [0.717, 1.165) is 61.6 Å². The summed E-state index contributed by atoms with van der Waals surface area (Å²) in [6.45, 7) is 10.2. The van der Waals surface area contributed by atoms with Crippen LogP contribution in [0.4, 0.5) is 11.4 Å². The number of hydrogen-bond acceptors (Lipinski definition) is 9. The number of amides is 2. The van der Waals surface area contributed by atoms with Crippen molar-refractivity contribution in [2.24, 2.45) is 0 Å². The number of nitrogens with one attached hydrogen (secondary N) is 2. The highest BCUT2D eigenvalue weighted by atomic mass is 35.5. The van der Waals surface area contributed by atoms with E-state index in [-0.39, 0.29) is 16.6 Å². The van der Waals surface area contributed by atoms with Gasteiger partial charge >= 0.3 is 5.97 Å². The molecule has 322 valence electrons. The number of esters is 1. The van der Waals surface area contributed by atoms with Gasteiger partial charge in [-0.3, -0.25) is 14.4 Å². The minimum Gasteiger partial charge on any atom is -0.480 e. The summed E-state index contributed by atoms with van der Waals surface area (Å²) in [6, 6.07) is 23.6. The lowest BCUT2D eigenvalue weighted by Gasteiger charge is -2.21. The van der Waals surface area contributed by atoms with Gasteiger partial charge < -0.3 is 20.1 Å². The Bertz CT molecular complexity index is 2240. The number of unbranched alkanes of at least 4 members (excludes halogenated alkanes) is 4. The summed E-state index contributed by atoms with van der Waals surface area (Å²) in [5, 5.41) is 10.8. The van der Waals surface area contributed by atoms with E-state index in [9.17, 15) is 19.2 Å². The molecule has 0 aliphatic heterocycles. The topological polar surface area (TPSA) is 142 Å². The van der Waals surface area contributed by atoms with Crippen LogP contribution in [0.25, 0.3) is 0 Å². The number of aryl methyl sites for hydroxylation is 3. The highest BCUT2D eigenvalue weighted by Crippen LogP contribution is 2.30. The molecule has 0 aliphatic rings. The minimum absolute atomic E-state index is 0.193. The number of carbonyl (C=O) groups excluding carboxylic acids is 4. The average Bonchev–Trinajstić information content (AvgIpc) is 3.72. The maximum Gasteiger partial charge on any atom is 0.338 e. The Labute approximate surface area is 368 Å². The van der Waals surface area contributed by atoms with Crippen molar-refractivity contribution in [1.82, 2.24) is 14.8 Å². The Morgan fingerprint density at radius 2 is 1.46 bits per heavy atom. The Morgan fingerprint density at radius 1 is 0.770 bits per heavy atom. The molecule has 1 heterocycles. The first-order valence-corrected chi connectivity index (χ1v) is 22.5. The van der Waals surface area contributed by atoms with Crippen LogP contribution >= 0.6 is 23.4 Å². The second-order valence-corrected chi connectivity index (χ2v) is 16.2. The molecule has 11 nitrogen and oxygen atoms in total. The molecule has 2 N–H and O–H groups in total. The van der Waals surface area contributed by atoms with Crippen molar-refractivity contribution in [3.8, 4) is 5.75 Å². The molecule has 0 spiro atoms. The van der Waals surface area contributed by atoms with Crippen LogP contribution in [0.2, 0.25) is 5.02 Å². The Morgan fingerprint density at radius 3 is 2.15 bits per heavy atom. The number of anilines is 2. The summed E-state index contributed by atoms with van der Waals surface area (Å²) in [5.74, 6) is -0.748. The monoisotopic (exact) mass is 865 g/mol. The predicted octanol–water partition coefficient (Wildman–Crippen LogP) is 11.0. The summed E-state index contributed by atoms with van der Waals surface area (Å²) in [5.41, 5.74) is 5.61. The molecule has 0 fully saturated rings. The van der Waals surface area contributed by atoms with Crippen LogP contribution in [0.15, 0.2) is 96.4 Å². The molecule has 61 heavy (non-hydrogen) atoms. The number of halogens is 1. The average molecular weight is 867 g/mol. The van der Waals surface area contributed by atoms with Gasteiger partial charge in [0.2, 0.25) is 5.16 Å². The molecular formula is C48H56ClN5O6S. The summed E-state index contributed by atoms with van der Waals surface area (Å²) in [7, 11) is 0. The van der Waals surface area contributed by atoms with Gasteiger partial charge in [-0.25, -0.2) is 14.5 Å². The normalized spacial score (nSPS) is 12.0. The zero-order chi connectivity index (χ0) is 43.7. The van der Waals surface area contributed by atoms with Gasteiger partial charge in [0.1, 0.15) is 12.1 Å². The van der Waals surface area contributed by atoms with E-state index in [0.29, 0.717) is 46.5 Å². The van der Waals surface area contributed by atoms with Crippen LogP contribution in [0.1, 0.15) is 122 Å². The standard InChI is InChI=1S/C48H56ClN5O6S/c1-6-10-12-14-33-20-27-42(37(28-33)15-13-11-7-2)60-41(8-3)45(56)51-38-25-26-39(49)40(29-38)52-46(57)43(44(55)35-21-16-32(5)17-22-35)54-31-50-48(53-54)61-30-34-18-23-36(24-19-34)47(58)59-9-4/h16-29,31,41,43H,6-15,30H2,1-5H3,(H,51,56)(H,52,57). The summed E-state index contributed by atoms with van der Waals surface area (Å²) in [4.78, 5) is 58.4. The van der Waals surface area contributed by atoms with E-state index < -0.39 is 29.8 Å². The molecule has 4 aromatic carbocycles. The molecule has 0 radical (unpaired) electrons. The van der Waals surface area contributed by atoms with Crippen molar-refractivity contribution in [3.63, 3.8) is 0 Å². The number of rotatable bonds is 23. The first kappa shape index (κ1) is 46.6. The zero-order valence-corrected chi connectivity index (χ0v) is 37.2. The summed E-state index contributed by atoms with van der Waals surface area (Å²) in [6.07, 6.45) is 9.64. The van der Waals surface area contributed by atoms with Crippen LogP contribution in [0.3, 0.4) is 0 Å². The number of hydrogen-bond donors (Lipinski definition) is 2. The molecule has 2 atom stereocenters. The fraction of sp³-hybridized carbons (Fsp3) is 0.375. The number of ether oxygens (including phenoxy) is 2. The van der Waals surface area contributed by atoms with Crippen molar-refractivity contribution in [1.29, 1.82) is 0 Å². The number of Topliss-reactive ketones (excluding diaryl/α,β-unsaturated/α-hetero) is 1. The maximum absolute atomic E-state index is 14.2. The number of aromatic nitrogens is 3.